The number of hydrogen-bond donors (Lipinski definition) is 1. The van der Waals surface area contributed by atoms with Crippen molar-refractivity contribution in [1.82, 2.24) is 14.8 Å². The second-order valence-electron chi connectivity index (χ2n) is 4.42. The Hall–Kier alpha value is -2.38. The highest BCUT2D eigenvalue weighted by Gasteiger charge is 2.17. The molecule has 0 aliphatic carbocycles. The molecule has 0 unspecified atom stereocenters. The van der Waals surface area contributed by atoms with Gasteiger partial charge in [-0.2, -0.15) is 5.10 Å². The average Bonchev–Trinajstić information content (AvgIpc) is 3.01. The largest absolute Gasteiger partial charge is 0.280 e. The molecule has 2 aromatic heterocycles. The third kappa shape index (κ3) is 3.10. The van der Waals surface area contributed by atoms with E-state index in [4.69, 9.17) is 11.6 Å². The number of pyridine rings is 1. The molecule has 3 aromatic rings. The van der Waals surface area contributed by atoms with Crippen molar-refractivity contribution in [2.45, 2.75) is 4.90 Å². The van der Waals surface area contributed by atoms with E-state index in [-0.39, 0.29) is 4.90 Å². The molecule has 0 radical (unpaired) electrons. The molecule has 3 rings (SSSR count). The van der Waals surface area contributed by atoms with Crippen LogP contribution in [0.25, 0.3) is 5.82 Å². The van der Waals surface area contributed by atoms with Crippen molar-refractivity contribution in [2.75, 3.05) is 4.72 Å². The maximum atomic E-state index is 12.3. The monoisotopic (exact) mass is 334 g/mol. The Morgan fingerprint density at radius 1 is 1.09 bits per heavy atom. The molecule has 112 valence electrons. The predicted octanol–water partition coefficient (Wildman–Crippen LogP) is 2.72. The lowest BCUT2D eigenvalue weighted by molar-refractivity contribution is 0.601. The zero-order valence-electron chi connectivity index (χ0n) is 11.2. The second kappa shape index (κ2) is 5.78. The Kier molecular flexibility index (Phi) is 3.82. The molecule has 0 aliphatic heterocycles. The van der Waals surface area contributed by atoms with E-state index in [1.165, 1.54) is 17.1 Å². The van der Waals surface area contributed by atoms with Gasteiger partial charge in [0.15, 0.2) is 5.82 Å². The molecule has 2 heterocycles. The van der Waals surface area contributed by atoms with Crippen LogP contribution in [0.5, 0.6) is 0 Å². The summed E-state index contributed by atoms with van der Waals surface area (Å²) in [7, 11) is -3.72. The maximum Gasteiger partial charge on any atom is 0.265 e. The highest BCUT2D eigenvalue weighted by molar-refractivity contribution is 7.92. The summed E-state index contributed by atoms with van der Waals surface area (Å²) in [4.78, 5) is 4.16. The minimum Gasteiger partial charge on any atom is -0.280 e. The summed E-state index contributed by atoms with van der Waals surface area (Å²) in [5.74, 6) is 0.537. The fourth-order valence-electron chi connectivity index (χ4n) is 1.79. The lowest BCUT2D eigenvalue weighted by Crippen LogP contribution is -2.12. The molecule has 0 saturated heterocycles. The van der Waals surface area contributed by atoms with Gasteiger partial charge in [0.2, 0.25) is 0 Å². The van der Waals surface area contributed by atoms with Gasteiger partial charge in [-0.05, 0) is 36.4 Å². The highest BCUT2D eigenvalue weighted by Crippen LogP contribution is 2.18. The van der Waals surface area contributed by atoms with Gasteiger partial charge >= 0.3 is 0 Å². The van der Waals surface area contributed by atoms with Crippen LogP contribution in [0.2, 0.25) is 5.02 Å². The Labute approximate surface area is 132 Å². The summed E-state index contributed by atoms with van der Waals surface area (Å²) in [5.41, 5.74) is 0.426. The van der Waals surface area contributed by atoms with Gasteiger partial charge in [-0.1, -0.05) is 17.7 Å². The summed E-state index contributed by atoms with van der Waals surface area (Å²) >= 11 is 5.77. The van der Waals surface area contributed by atoms with Gasteiger partial charge in [-0.3, -0.25) is 4.72 Å². The molecule has 1 N–H and O–H groups in total. The number of nitrogens with one attached hydrogen (secondary N) is 1. The summed E-state index contributed by atoms with van der Waals surface area (Å²) in [5, 5.41) is 4.56. The van der Waals surface area contributed by atoms with Crippen molar-refractivity contribution in [3.05, 3.63) is 66.1 Å². The lowest BCUT2D eigenvalue weighted by atomic mass is 10.3. The second-order valence-corrected chi connectivity index (χ2v) is 6.54. The van der Waals surface area contributed by atoms with Crippen LogP contribution in [0.4, 0.5) is 5.69 Å². The van der Waals surface area contributed by atoms with Crippen LogP contribution in [0.3, 0.4) is 0 Å². The van der Waals surface area contributed by atoms with E-state index >= 15 is 0 Å². The van der Waals surface area contributed by atoms with Crippen LogP contribution in [-0.4, -0.2) is 23.2 Å². The summed E-state index contributed by atoms with van der Waals surface area (Å²) < 4.78 is 28.5. The molecule has 8 heteroatoms. The number of aromatic nitrogens is 3. The molecule has 0 bridgehead atoms. The first-order chi connectivity index (χ1) is 10.5. The van der Waals surface area contributed by atoms with Crippen molar-refractivity contribution in [3.8, 4) is 5.82 Å². The summed E-state index contributed by atoms with van der Waals surface area (Å²) in [6.07, 6.45) is 4.28. The molecule has 22 heavy (non-hydrogen) atoms. The topological polar surface area (TPSA) is 76.9 Å². The van der Waals surface area contributed by atoms with Crippen molar-refractivity contribution in [1.29, 1.82) is 0 Å². The molecule has 0 amide bonds. The Morgan fingerprint density at radius 2 is 1.86 bits per heavy atom. The molecule has 0 aliphatic rings. The van der Waals surface area contributed by atoms with Gasteiger partial charge in [0.1, 0.15) is 4.90 Å². The van der Waals surface area contributed by atoms with Crippen molar-refractivity contribution >= 4 is 27.3 Å². The van der Waals surface area contributed by atoms with E-state index in [0.717, 1.165) is 0 Å². The standard InChI is InChI=1S/C14H11ClN4O2S/c15-11-4-6-12(7-5-11)18-22(20,21)13-9-17-19(10-13)14-3-1-2-8-16-14/h1-10,18H. The van der Waals surface area contributed by atoms with E-state index in [0.29, 0.717) is 16.5 Å². The maximum absolute atomic E-state index is 12.3. The number of sulfonamides is 1. The van der Waals surface area contributed by atoms with Gasteiger partial charge in [-0.25, -0.2) is 18.1 Å². The number of nitrogens with zero attached hydrogens (tertiary/aromatic N) is 3. The van der Waals surface area contributed by atoms with Crippen LogP contribution in [0, 0.1) is 0 Å². The number of anilines is 1. The Morgan fingerprint density at radius 3 is 2.55 bits per heavy atom. The minimum absolute atomic E-state index is 0.0492. The summed E-state index contributed by atoms with van der Waals surface area (Å²) in [6.45, 7) is 0. The third-order valence-corrected chi connectivity index (χ3v) is 4.44. The van der Waals surface area contributed by atoms with Gasteiger partial charge < -0.3 is 0 Å². The van der Waals surface area contributed by atoms with Gasteiger partial charge in [0, 0.05) is 16.9 Å². The van der Waals surface area contributed by atoms with Crippen LogP contribution >= 0.6 is 11.6 Å². The Balaban J connectivity index is 1.87. The number of rotatable bonds is 4. The number of halogens is 1. The quantitative estimate of drug-likeness (QED) is 0.795. The predicted molar refractivity (Wildman–Crippen MR) is 83.6 cm³/mol. The van der Waals surface area contributed by atoms with E-state index in [1.807, 2.05) is 0 Å². The van der Waals surface area contributed by atoms with Crippen LogP contribution in [-0.2, 0) is 10.0 Å². The minimum atomic E-state index is -3.72. The normalized spacial score (nSPS) is 11.3. The molecular formula is C14H11ClN4O2S. The highest BCUT2D eigenvalue weighted by atomic mass is 35.5. The average molecular weight is 335 g/mol. The Bertz CT molecular complexity index is 877. The number of hydrogen-bond acceptors (Lipinski definition) is 4. The van der Waals surface area contributed by atoms with E-state index < -0.39 is 10.0 Å². The third-order valence-electron chi connectivity index (χ3n) is 2.85. The van der Waals surface area contributed by atoms with Gasteiger partial charge in [-0.15, -0.1) is 0 Å². The molecule has 1 aromatic carbocycles. The van der Waals surface area contributed by atoms with Gasteiger partial charge in [0.05, 0.1) is 12.4 Å². The fraction of sp³-hybridized carbons (Fsp3) is 0. The number of benzene rings is 1. The van der Waals surface area contributed by atoms with E-state index in [2.05, 4.69) is 14.8 Å². The van der Waals surface area contributed by atoms with Crippen molar-refractivity contribution in [2.24, 2.45) is 0 Å². The molecular weight excluding hydrogens is 324 g/mol. The first-order valence-electron chi connectivity index (χ1n) is 6.29. The van der Waals surface area contributed by atoms with Gasteiger partial charge in [0.25, 0.3) is 10.0 Å². The van der Waals surface area contributed by atoms with E-state index in [9.17, 15) is 8.42 Å². The van der Waals surface area contributed by atoms with Crippen LogP contribution < -0.4 is 4.72 Å². The molecule has 0 spiro atoms. The first-order valence-corrected chi connectivity index (χ1v) is 8.15. The first kappa shape index (κ1) is 14.6. The smallest absolute Gasteiger partial charge is 0.265 e. The van der Waals surface area contributed by atoms with E-state index in [1.54, 1.807) is 48.7 Å². The molecule has 6 nitrogen and oxygen atoms in total. The van der Waals surface area contributed by atoms with Crippen LogP contribution in [0.15, 0.2) is 66.0 Å². The fourth-order valence-corrected chi connectivity index (χ4v) is 2.91. The lowest BCUT2D eigenvalue weighted by Gasteiger charge is -2.05. The van der Waals surface area contributed by atoms with Crippen LogP contribution in [0.1, 0.15) is 0 Å². The van der Waals surface area contributed by atoms with Crippen molar-refractivity contribution in [3.63, 3.8) is 0 Å². The zero-order chi connectivity index (χ0) is 15.6. The molecule has 0 saturated carbocycles. The SMILES string of the molecule is O=S(=O)(Nc1ccc(Cl)cc1)c1cnn(-c2ccccn2)c1. The van der Waals surface area contributed by atoms with Crippen molar-refractivity contribution < 1.29 is 8.42 Å². The summed E-state index contributed by atoms with van der Waals surface area (Å²) in [6, 6.07) is 11.7. The molecule has 0 fully saturated rings. The zero-order valence-corrected chi connectivity index (χ0v) is 12.8. The molecule has 0 atom stereocenters.